The van der Waals surface area contributed by atoms with Crippen LogP contribution in [0.4, 0.5) is 11.4 Å². The van der Waals surface area contributed by atoms with Crippen LogP contribution in [-0.2, 0) is 0 Å². The highest BCUT2D eigenvalue weighted by atomic mass is 16.6. The third kappa shape index (κ3) is 2.01. The highest BCUT2D eigenvalue weighted by Crippen LogP contribution is 2.63. The number of carboxylic acid groups (broad SMARTS) is 1. The highest BCUT2D eigenvalue weighted by molar-refractivity contribution is 5.93. The molecule has 0 radical (unpaired) electrons. The Morgan fingerprint density at radius 1 is 1.30 bits per heavy atom. The van der Waals surface area contributed by atoms with Gasteiger partial charge in [0.05, 0.1) is 4.92 Å². The van der Waals surface area contributed by atoms with Crippen molar-refractivity contribution in [2.24, 2.45) is 10.8 Å². The van der Waals surface area contributed by atoms with E-state index in [1.165, 1.54) is 12.1 Å². The monoisotopic (exact) mass is 278 g/mol. The molecule has 0 atom stereocenters. The van der Waals surface area contributed by atoms with Crippen molar-refractivity contribution in [1.29, 1.82) is 0 Å². The van der Waals surface area contributed by atoms with Crippen LogP contribution in [0.2, 0.25) is 0 Å². The molecule has 2 N–H and O–H groups in total. The lowest BCUT2D eigenvalue weighted by molar-refractivity contribution is -0.385. The summed E-state index contributed by atoms with van der Waals surface area (Å²) in [6, 6.07) is 4.31. The lowest BCUT2D eigenvalue weighted by Gasteiger charge is -2.09. The number of hydrogen-bond donors (Lipinski definition) is 2. The zero-order valence-electron chi connectivity index (χ0n) is 11.9. The lowest BCUT2D eigenvalue weighted by atomic mass is 10.0. The SMILES string of the molecule is CC1(C)C(Nc2ccc([N+](=O)[O-])c(C(=O)O)c2)C1(C)C. The van der Waals surface area contributed by atoms with Crippen molar-refractivity contribution in [1.82, 2.24) is 0 Å². The summed E-state index contributed by atoms with van der Waals surface area (Å²) in [5.74, 6) is -1.30. The Kier molecular flexibility index (Phi) is 3.00. The first kappa shape index (κ1) is 14.3. The van der Waals surface area contributed by atoms with Gasteiger partial charge in [-0.25, -0.2) is 4.79 Å². The Bertz CT molecular complexity index is 579. The fourth-order valence-corrected chi connectivity index (χ4v) is 2.68. The van der Waals surface area contributed by atoms with Crippen molar-refractivity contribution in [3.63, 3.8) is 0 Å². The molecule has 1 aromatic rings. The summed E-state index contributed by atoms with van der Waals surface area (Å²) in [5, 5.41) is 23.1. The van der Waals surface area contributed by atoms with Crippen LogP contribution in [0.15, 0.2) is 18.2 Å². The summed E-state index contributed by atoms with van der Waals surface area (Å²) >= 11 is 0. The molecular weight excluding hydrogens is 260 g/mol. The Labute approximate surface area is 117 Å². The smallest absolute Gasteiger partial charge is 0.342 e. The summed E-state index contributed by atoms with van der Waals surface area (Å²) in [4.78, 5) is 21.2. The molecule has 0 spiro atoms. The predicted octanol–water partition coefficient (Wildman–Crippen LogP) is 3.14. The van der Waals surface area contributed by atoms with E-state index in [1.807, 2.05) is 0 Å². The molecule has 1 aliphatic carbocycles. The Balaban J connectivity index is 2.30. The summed E-state index contributed by atoms with van der Waals surface area (Å²) in [5.41, 5.74) is 0.0985. The van der Waals surface area contributed by atoms with Crippen LogP contribution in [0, 0.1) is 20.9 Å². The molecule has 1 aromatic carbocycles. The second-order valence-corrected chi connectivity index (χ2v) is 6.31. The number of carbonyl (C=O) groups is 1. The van der Waals surface area contributed by atoms with Gasteiger partial charge in [0.1, 0.15) is 5.56 Å². The normalized spacial score (nSPS) is 19.4. The largest absolute Gasteiger partial charge is 0.477 e. The first-order valence-corrected chi connectivity index (χ1v) is 6.37. The van der Waals surface area contributed by atoms with Crippen molar-refractivity contribution in [3.05, 3.63) is 33.9 Å². The van der Waals surface area contributed by atoms with Gasteiger partial charge in [0.2, 0.25) is 0 Å². The Morgan fingerprint density at radius 3 is 2.25 bits per heavy atom. The quantitative estimate of drug-likeness (QED) is 0.652. The zero-order chi connectivity index (χ0) is 15.3. The molecule has 108 valence electrons. The van der Waals surface area contributed by atoms with Crippen molar-refractivity contribution in [3.8, 4) is 0 Å². The molecule has 0 heterocycles. The van der Waals surface area contributed by atoms with Crippen molar-refractivity contribution in [2.45, 2.75) is 33.7 Å². The minimum absolute atomic E-state index is 0.0954. The number of benzene rings is 1. The lowest BCUT2D eigenvalue weighted by Crippen LogP contribution is -2.11. The van der Waals surface area contributed by atoms with Crippen molar-refractivity contribution in [2.75, 3.05) is 5.32 Å². The maximum Gasteiger partial charge on any atom is 0.342 e. The van der Waals surface area contributed by atoms with Crippen LogP contribution in [0.1, 0.15) is 38.1 Å². The van der Waals surface area contributed by atoms with Crippen LogP contribution in [-0.4, -0.2) is 22.0 Å². The van der Waals surface area contributed by atoms with Gasteiger partial charge in [-0.2, -0.15) is 0 Å². The van der Waals surface area contributed by atoms with Gasteiger partial charge in [0, 0.05) is 17.8 Å². The van der Waals surface area contributed by atoms with Crippen molar-refractivity contribution >= 4 is 17.3 Å². The molecule has 0 aromatic heterocycles. The van der Waals surface area contributed by atoms with E-state index in [2.05, 4.69) is 33.0 Å². The maximum atomic E-state index is 11.1. The molecule has 0 aliphatic heterocycles. The van der Waals surface area contributed by atoms with Crippen LogP contribution < -0.4 is 5.32 Å². The number of nitrogens with zero attached hydrogens (tertiary/aromatic N) is 1. The first-order valence-electron chi connectivity index (χ1n) is 6.37. The molecule has 20 heavy (non-hydrogen) atoms. The van der Waals surface area contributed by atoms with E-state index in [-0.39, 0.29) is 22.4 Å². The minimum atomic E-state index is -1.30. The third-order valence-corrected chi connectivity index (χ3v) is 4.76. The highest BCUT2D eigenvalue weighted by Gasteiger charge is 2.64. The molecular formula is C14H18N2O4. The summed E-state index contributed by atoms with van der Waals surface area (Å²) in [6.07, 6.45) is 0. The summed E-state index contributed by atoms with van der Waals surface area (Å²) in [6.45, 7) is 8.53. The number of rotatable bonds is 4. The van der Waals surface area contributed by atoms with Crippen LogP contribution in [0.5, 0.6) is 0 Å². The van der Waals surface area contributed by atoms with Gasteiger partial charge in [-0.3, -0.25) is 10.1 Å². The van der Waals surface area contributed by atoms with E-state index in [0.29, 0.717) is 5.69 Å². The number of anilines is 1. The number of nitro groups is 1. The summed E-state index contributed by atoms with van der Waals surface area (Å²) in [7, 11) is 0. The van der Waals surface area contributed by atoms with E-state index >= 15 is 0 Å². The molecule has 0 bridgehead atoms. The number of carboxylic acids is 1. The average molecular weight is 278 g/mol. The third-order valence-electron chi connectivity index (χ3n) is 4.76. The minimum Gasteiger partial charge on any atom is -0.477 e. The second-order valence-electron chi connectivity index (χ2n) is 6.31. The number of nitrogens with one attached hydrogen (secondary N) is 1. The molecule has 1 saturated carbocycles. The Hall–Kier alpha value is -2.11. The fourth-order valence-electron chi connectivity index (χ4n) is 2.68. The average Bonchev–Trinajstić information content (AvgIpc) is 2.71. The van der Waals surface area contributed by atoms with Gasteiger partial charge in [-0.05, 0) is 23.0 Å². The van der Waals surface area contributed by atoms with Gasteiger partial charge in [-0.1, -0.05) is 27.7 Å². The first-order chi connectivity index (χ1) is 9.09. The number of hydrogen-bond acceptors (Lipinski definition) is 4. The van der Waals surface area contributed by atoms with Crippen molar-refractivity contribution < 1.29 is 14.8 Å². The van der Waals surface area contributed by atoms with Gasteiger partial charge in [0.15, 0.2) is 0 Å². The second kappa shape index (κ2) is 4.19. The zero-order valence-corrected chi connectivity index (χ0v) is 11.9. The molecule has 0 unspecified atom stereocenters. The van der Waals surface area contributed by atoms with E-state index < -0.39 is 16.6 Å². The van der Waals surface area contributed by atoms with Gasteiger partial charge < -0.3 is 10.4 Å². The molecule has 0 amide bonds. The standard InChI is InChI=1S/C14H18N2O4/c1-13(2)12(14(13,3)4)15-8-5-6-10(16(19)20)9(7-8)11(17)18/h5-7,12,15H,1-4H3,(H,17,18). The maximum absolute atomic E-state index is 11.1. The van der Waals surface area contributed by atoms with E-state index in [0.717, 1.165) is 0 Å². The van der Waals surface area contributed by atoms with E-state index in [1.54, 1.807) is 6.07 Å². The number of nitro benzene ring substituents is 1. The van der Waals surface area contributed by atoms with Crippen LogP contribution in [0.3, 0.4) is 0 Å². The predicted molar refractivity (Wildman–Crippen MR) is 75.0 cm³/mol. The molecule has 6 nitrogen and oxygen atoms in total. The van der Waals surface area contributed by atoms with E-state index in [4.69, 9.17) is 5.11 Å². The molecule has 0 saturated heterocycles. The molecule has 6 heteroatoms. The van der Waals surface area contributed by atoms with Crippen LogP contribution in [0.25, 0.3) is 0 Å². The van der Waals surface area contributed by atoms with Crippen LogP contribution >= 0.6 is 0 Å². The molecule has 1 aliphatic rings. The van der Waals surface area contributed by atoms with E-state index in [9.17, 15) is 14.9 Å². The van der Waals surface area contributed by atoms with Gasteiger partial charge >= 0.3 is 5.97 Å². The molecule has 1 fully saturated rings. The van der Waals surface area contributed by atoms with Gasteiger partial charge in [0.25, 0.3) is 5.69 Å². The summed E-state index contributed by atoms with van der Waals surface area (Å²) < 4.78 is 0. The fraction of sp³-hybridized carbons (Fsp3) is 0.500. The topological polar surface area (TPSA) is 92.5 Å². The van der Waals surface area contributed by atoms with Gasteiger partial charge in [-0.15, -0.1) is 0 Å². The Morgan fingerprint density at radius 2 is 1.85 bits per heavy atom. The molecule has 2 rings (SSSR count). The number of aromatic carboxylic acids is 1.